The highest BCUT2D eigenvalue weighted by atomic mass is 35.5. The first-order chi connectivity index (χ1) is 15.8. The number of halogens is 2. The fourth-order valence-corrected chi connectivity index (χ4v) is 4.70. The molecule has 0 bridgehead atoms. The molecule has 0 saturated heterocycles. The summed E-state index contributed by atoms with van der Waals surface area (Å²) in [5.41, 5.74) is 1.09. The largest absolute Gasteiger partial charge is 0.461 e. The second-order valence-corrected chi connectivity index (χ2v) is 8.78. The van der Waals surface area contributed by atoms with Gasteiger partial charge in [0.05, 0.1) is 28.3 Å². The van der Waals surface area contributed by atoms with Gasteiger partial charge in [-0.15, -0.1) is 11.3 Å². The number of rotatable bonds is 5. The van der Waals surface area contributed by atoms with Crippen LogP contribution in [0.4, 0.5) is 5.00 Å². The van der Waals surface area contributed by atoms with Crippen molar-refractivity contribution in [2.24, 2.45) is 0 Å². The Bertz CT molecular complexity index is 1460. The summed E-state index contributed by atoms with van der Waals surface area (Å²) < 4.78 is 6.29. The number of nitrogens with zero attached hydrogens (tertiary/aromatic N) is 2. The van der Waals surface area contributed by atoms with Crippen molar-refractivity contribution >= 4 is 62.2 Å². The Morgan fingerprint density at radius 2 is 1.97 bits per heavy atom. The Labute approximate surface area is 202 Å². The SMILES string of the molecule is CCOC(=O)c1nn(-c2cccc(C)c2)c(=O)c2c(NC(=O)c3ccc(Cl)cc3Cl)scc12. The van der Waals surface area contributed by atoms with Crippen LogP contribution in [0, 0.1) is 6.92 Å². The van der Waals surface area contributed by atoms with Gasteiger partial charge in [-0.2, -0.15) is 9.78 Å². The number of benzene rings is 2. The molecular weight excluding hydrogens is 485 g/mol. The monoisotopic (exact) mass is 501 g/mol. The van der Waals surface area contributed by atoms with E-state index in [-0.39, 0.29) is 33.3 Å². The van der Waals surface area contributed by atoms with Crippen molar-refractivity contribution in [3.8, 4) is 5.69 Å². The number of anilines is 1. The number of esters is 1. The van der Waals surface area contributed by atoms with E-state index < -0.39 is 17.4 Å². The molecule has 4 aromatic rings. The van der Waals surface area contributed by atoms with Gasteiger partial charge in [0.1, 0.15) is 5.00 Å². The molecular formula is C23H17Cl2N3O4S. The van der Waals surface area contributed by atoms with Crippen LogP contribution in [0.15, 0.2) is 52.6 Å². The Morgan fingerprint density at radius 3 is 2.67 bits per heavy atom. The summed E-state index contributed by atoms with van der Waals surface area (Å²) in [6.45, 7) is 3.71. The van der Waals surface area contributed by atoms with Gasteiger partial charge in [-0.1, -0.05) is 35.3 Å². The minimum atomic E-state index is -0.666. The number of amides is 1. The molecule has 0 radical (unpaired) electrons. The van der Waals surface area contributed by atoms with Crippen LogP contribution in [-0.4, -0.2) is 28.3 Å². The van der Waals surface area contributed by atoms with Crippen molar-refractivity contribution in [1.29, 1.82) is 0 Å². The lowest BCUT2D eigenvalue weighted by Crippen LogP contribution is -2.25. The number of nitrogens with one attached hydrogen (secondary N) is 1. The van der Waals surface area contributed by atoms with E-state index in [2.05, 4.69) is 10.4 Å². The topological polar surface area (TPSA) is 90.3 Å². The van der Waals surface area contributed by atoms with Crippen LogP contribution < -0.4 is 10.9 Å². The first kappa shape index (κ1) is 23.0. The van der Waals surface area contributed by atoms with Crippen LogP contribution in [0.5, 0.6) is 0 Å². The molecule has 0 aliphatic rings. The summed E-state index contributed by atoms with van der Waals surface area (Å²) in [4.78, 5) is 39.0. The third-order valence-electron chi connectivity index (χ3n) is 4.77. The van der Waals surface area contributed by atoms with E-state index in [1.165, 1.54) is 12.1 Å². The standard InChI is InChI=1S/C23H17Cl2N3O4S/c1-3-32-23(31)19-16-11-33-21(26-20(29)15-8-7-13(24)10-17(15)25)18(16)22(30)28(27-19)14-6-4-5-12(2)9-14/h4-11H,3H2,1-2H3,(H,26,29). The number of carbonyl (C=O) groups excluding carboxylic acids is 2. The lowest BCUT2D eigenvalue weighted by Gasteiger charge is -2.10. The van der Waals surface area contributed by atoms with E-state index >= 15 is 0 Å². The average Bonchev–Trinajstić information content (AvgIpc) is 3.18. The van der Waals surface area contributed by atoms with Gasteiger partial charge in [-0.3, -0.25) is 9.59 Å². The first-order valence-corrected chi connectivity index (χ1v) is 11.5. The fourth-order valence-electron chi connectivity index (χ4n) is 3.27. The summed E-state index contributed by atoms with van der Waals surface area (Å²) in [6, 6.07) is 11.6. The van der Waals surface area contributed by atoms with Gasteiger partial charge >= 0.3 is 5.97 Å². The third-order valence-corrected chi connectivity index (χ3v) is 6.21. The zero-order valence-corrected chi connectivity index (χ0v) is 19.8. The van der Waals surface area contributed by atoms with Crippen LogP contribution in [0.1, 0.15) is 33.3 Å². The van der Waals surface area contributed by atoms with E-state index in [9.17, 15) is 14.4 Å². The summed E-state index contributed by atoms with van der Waals surface area (Å²) >= 11 is 13.2. The van der Waals surface area contributed by atoms with Gasteiger partial charge in [-0.25, -0.2) is 4.79 Å². The lowest BCUT2D eigenvalue weighted by molar-refractivity contribution is 0.0520. The molecule has 0 fully saturated rings. The molecule has 0 atom stereocenters. The molecule has 33 heavy (non-hydrogen) atoms. The van der Waals surface area contributed by atoms with Crippen molar-refractivity contribution in [2.75, 3.05) is 11.9 Å². The molecule has 0 aliphatic heterocycles. The molecule has 0 spiro atoms. The Hall–Kier alpha value is -3.20. The predicted octanol–water partition coefficient (Wildman–Crippen LogP) is 5.49. The minimum absolute atomic E-state index is 0.0192. The van der Waals surface area contributed by atoms with E-state index in [0.29, 0.717) is 16.1 Å². The molecule has 4 rings (SSSR count). The molecule has 0 saturated carbocycles. The number of fused-ring (bicyclic) bond motifs is 1. The number of aromatic nitrogens is 2. The molecule has 2 aromatic heterocycles. The molecule has 0 aliphatic carbocycles. The van der Waals surface area contributed by atoms with E-state index in [1.807, 2.05) is 13.0 Å². The quantitative estimate of drug-likeness (QED) is 0.365. The van der Waals surface area contributed by atoms with E-state index in [1.54, 1.807) is 36.6 Å². The Morgan fingerprint density at radius 1 is 1.18 bits per heavy atom. The normalized spacial score (nSPS) is 10.9. The van der Waals surface area contributed by atoms with Gasteiger partial charge in [0.25, 0.3) is 11.5 Å². The minimum Gasteiger partial charge on any atom is -0.461 e. The van der Waals surface area contributed by atoms with Gasteiger partial charge in [0.2, 0.25) is 0 Å². The summed E-state index contributed by atoms with van der Waals surface area (Å²) in [5, 5.41) is 9.89. The maximum Gasteiger partial charge on any atom is 0.359 e. The van der Waals surface area contributed by atoms with E-state index in [0.717, 1.165) is 21.6 Å². The number of ether oxygens (including phenoxy) is 1. The molecule has 1 N–H and O–H groups in total. The highest BCUT2D eigenvalue weighted by Gasteiger charge is 2.24. The molecule has 2 heterocycles. The second-order valence-electron chi connectivity index (χ2n) is 7.06. The van der Waals surface area contributed by atoms with Gasteiger partial charge < -0.3 is 10.1 Å². The third kappa shape index (κ3) is 4.50. The van der Waals surface area contributed by atoms with Crippen LogP contribution in [-0.2, 0) is 4.74 Å². The summed E-state index contributed by atoms with van der Waals surface area (Å²) in [5.74, 6) is -1.18. The second kappa shape index (κ2) is 9.35. The smallest absolute Gasteiger partial charge is 0.359 e. The molecule has 2 aromatic carbocycles. The zero-order valence-electron chi connectivity index (χ0n) is 17.5. The van der Waals surface area contributed by atoms with Crippen molar-refractivity contribution in [3.05, 3.63) is 85.1 Å². The van der Waals surface area contributed by atoms with Crippen LogP contribution in [0.3, 0.4) is 0 Å². The zero-order chi connectivity index (χ0) is 23.7. The van der Waals surface area contributed by atoms with Crippen LogP contribution in [0.2, 0.25) is 10.0 Å². The van der Waals surface area contributed by atoms with Crippen molar-refractivity contribution in [1.82, 2.24) is 9.78 Å². The number of hydrogen-bond donors (Lipinski definition) is 1. The molecule has 10 heteroatoms. The highest BCUT2D eigenvalue weighted by Crippen LogP contribution is 2.32. The lowest BCUT2D eigenvalue weighted by atomic mass is 10.2. The molecule has 168 valence electrons. The van der Waals surface area contributed by atoms with E-state index in [4.69, 9.17) is 27.9 Å². The van der Waals surface area contributed by atoms with Gasteiger partial charge in [-0.05, 0) is 49.7 Å². The fraction of sp³-hybridized carbons (Fsp3) is 0.130. The number of aryl methyl sites for hydroxylation is 1. The van der Waals surface area contributed by atoms with Gasteiger partial charge in [0.15, 0.2) is 5.69 Å². The Kier molecular flexibility index (Phi) is 6.51. The average molecular weight is 502 g/mol. The van der Waals surface area contributed by atoms with Crippen molar-refractivity contribution in [3.63, 3.8) is 0 Å². The maximum absolute atomic E-state index is 13.4. The predicted molar refractivity (Wildman–Crippen MR) is 130 cm³/mol. The first-order valence-electron chi connectivity index (χ1n) is 9.85. The number of carbonyl (C=O) groups is 2. The molecule has 1 amide bonds. The number of thiophene rings is 1. The summed E-state index contributed by atoms with van der Waals surface area (Å²) in [6.07, 6.45) is 0. The number of hydrogen-bond acceptors (Lipinski definition) is 6. The van der Waals surface area contributed by atoms with Crippen molar-refractivity contribution in [2.45, 2.75) is 13.8 Å². The van der Waals surface area contributed by atoms with Crippen LogP contribution in [0.25, 0.3) is 16.5 Å². The van der Waals surface area contributed by atoms with Crippen LogP contribution >= 0.6 is 34.5 Å². The summed E-state index contributed by atoms with van der Waals surface area (Å²) in [7, 11) is 0. The molecule has 7 nitrogen and oxygen atoms in total. The van der Waals surface area contributed by atoms with Crippen molar-refractivity contribution < 1.29 is 14.3 Å². The maximum atomic E-state index is 13.4. The Balaban J connectivity index is 1.89. The molecule has 0 unspecified atom stereocenters. The van der Waals surface area contributed by atoms with Gasteiger partial charge in [0, 0.05) is 15.8 Å². The highest BCUT2D eigenvalue weighted by molar-refractivity contribution is 7.16.